The second-order valence-corrected chi connectivity index (χ2v) is 9.95. The topological polar surface area (TPSA) is 46.5 Å². The van der Waals surface area contributed by atoms with E-state index in [1.165, 1.54) is 33.8 Å². The third-order valence-corrected chi connectivity index (χ3v) is 8.24. The molecule has 6 heteroatoms. The van der Waals surface area contributed by atoms with Gasteiger partial charge in [-0.1, -0.05) is 42.5 Å². The highest BCUT2D eigenvalue weighted by Crippen LogP contribution is 2.44. The Kier molecular flexibility index (Phi) is 5.38. The van der Waals surface area contributed by atoms with Crippen LogP contribution in [0.15, 0.2) is 72.9 Å². The van der Waals surface area contributed by atoms with Gasteiger partial charge in [-0.05, 0) is 61.1 Å². The van der Waals surface area contributed by atoms with Gasteiger partial charge in [0.25, 0.3) is 0 Å². The van der Waals surface area contributed by atoms with E-state index in [2.05, 4.69) is 40.3 Å². The summed E-state index contributed by atoms with van der Waals surface area (Å²) in [6, 6.07) is 21.8. The molecule has 4 aromatic rings. The van der Waals surface area contributed by atoms with Gasteiger partial charge in [-0.15, -0.1) is 11.3 Å². The van der Waals surface area contributed by atoms with E-state index in [0.29, 0.717) is 18.0 Å². The molecule has 1 aliphatic carbocycles. The highest BCUT2D eigenvalue weighted by Gasteiger charge is 2.36. The Labute approximate surface area is 203 Å². The van der Waals surface area contributed by atoms with Gasteiger partial charge in [0.05, 0.1) is 31.1 Å². The first kappa shape index (κ1) is 21.1. The number of fused-ring (bicyclic) bond motifs is 5. The van der Waals surface area contributed by atoms with Crippen molar-refractivity contribution in [3.63, 3.8) is 0 Å². The minimum atomic E-state index is -0.204. The molecule has 0 radical (unpaired) electrons. The van der Waals surface area contributed by atoms with Crippen LogP contribution in [0.5, 0.6) is 5.75 Å². The molecule has 2 aromatic carbocycles. The molecule has 1 atom stereocenters. The second kappa shape index (κ2) is 8.69. The molecule has 2 aromatic heterocycles. The quantitative estimate of drug-likeness (QED) is 0.369. The Morgan fingerprint density at radius 1 is 0.971 bits per heavy atom. The highest BCUT2D eigenvalue weighted by atomic mass is 32.1. The number of nitrogens with one attached hydrogen (secondary N) is 1. The van der Waals surface area contributed by atoms with Gasteiger partial charge in [0, 0.05) is 16.6 Å². The molecule has 172 valence electrons. The standard InChI is InChI=1S/C28H27N3O2S/c1-33-24-15-7-6-13-22(24)29-28(32)31-18-21-20-12-5-8-16-25(20)34-27(21)30-17-9-14-23(30)26(31)19-10-3-2-4-11-19/h2-4,6-7,9-11,13-15,17,26H,5,8,12,16,18H2,1H3,(H,29,32)/t26-/m0/s1. The lowest BCUT2D eigenvalue weighted by atomic mass is 9.95. The number of anilines is 1. The van der Waals surface area contributed by atoms with E-state index in [1.807, 2.05) is 58.7 Å². The number of urea groups is 1. The number of thiophene rings is 1. The highest BCUT2D eigenvalue weighted by molar-refractivity contribution is 7.15. The maximum Gasteiger partial charge on any atom is 0.323 e. The van der Waals surface area contributed by atoms with Crippen molar-refractivity contribution < 1.29 is 9.53 Å². The van der Waals surface area contributed by atoms with Gasteiger partial charge >= 0.3 is 6.03 Å². The number of rotatable bonds is 3. The molecule has 1 aliphatic heterocycles. The van der Waals surface area contributed by atoms with Crippen molar-refractivity contribution in [3.8, 4) is 10.8 Å². The van der Waals surface area contributed by atoms with Crippen LogP contribution in [0, 0.1) is 0 Å². The van der Waals surface area contributed by atoms with Crippen LogP contribution >= 0.6 is 11.3 Å². The van der Waals surface area contributed by atoms with Crippen molar-refractivity contribution in [2.45, 2.75) is 38.3 Å². The summed E-state index contributed by atoms with van der Waals surface area (Å²) in [5.41, 5.74) is 5.63. The molecule has 0 saturated carbocycles. The van der Waals surface area contributed by atoms with E-state index in [9.17, 15) is 4.79 Å². The number of nitrogens with zero attached hydrogens (tertiary/aromatic N) is 2. The maximum absolute atomic E-state index is 14.0. The molecular formula is C28H27N3O2S. The van der Waals surface area contributed by atoms with Crippen LogP contribution in [0.2, 0.25) is 0 Å². The number of carbonyl (C=O) groups is 1. The largest absolute Gasteiger partial charge is 0.495 e. The van der Waals surface area contributed by atoms with Crippen LogP contribution in [-0.2, 0) is 19.4 Å². The predicted octanol–water partition coefficient (Wildman–Crippen LogP) is 6.56. The Morgan fingerprint density at radius 2 is 1.76 bits per heavy atom. The van der Waals surface area contributed by atoms with Gasteiger partial charge < -0.3 is 19.5 Å². The molecule has 6 rings (SSSR count). The minimum Gasteiger partial charge on any atom is -0.495 e. The normalized spacial score (nSPS) is 16.7. The lowest BCUT2D eigenvalue weighted by molar-refractivity contribution is 0.194. The fourth-order valence-corrected chi connectivity index (χ4v) is 6.71. The zero-order valence-electron chi connectivity index (χ0n) is 19.2. The van der Waals surface area contributed by atoms with Crippen molar-refractivity contribution in [2.24, 2.45) is 0 Å². The number of amides is 2. The van der Waals surface area contributed by atoms with Crippen molar-refractivity contribution in [3.05, 3.63) is 100 Å². The van der Waals surface area contributed by atoms with E-state index in [-0.39, 0.29) is 12.1 Å². The summed E-state index contributed by atoms with van der Waals surface area (Å²) in [5, 5.41) is 4.41. The summed E-state index contributed by atoms with van der Waals surface area (Å²) in [5.74, 6) is 0.652. The van der Waals surface area contributed by atoms with E-state index in [4.69, 9.17) is 4.74 Å². The third-order valence-electron chi connectivity index (χ3n) is 6.90. The Balaban J connectivity index is 1.49. The zero-order valence-corrected chi connectivity index (χ0v) is 20.0. The summed E-state index contributed by atoms with van der Waals surface area (Å²) in [6.45, 7) is 0.573. The van der Waals surface area contributed by atoms with Crippen LogP contribution in [0.1, 0.15) is 46.1 Å². The number of ether oxygens (including phenoxy) is 1. The number of para-hydroxylation sites is 2. The van der Waals surface area contributed by atoms with E-state index in [0.717, 1.165) is 24.1 Å². The Morgan fingerprint density at radius 3 is 2.62 bits per heavy atom. The number of hydrogen-bond donors (Lipinski definition) is 1. The number of hydrogen-bond acceptors (Lipinski definition) is 3. The van der Waals surface area contributed by atoms with Crippen LogP contribution in [0.3, 0.4) is 0 Å². The van der Waals surface area contributed by atoms with E-state index < -0.39 is 0 Å². The average Bonchev–Trinajstić information content (AvgIpc) is 3.46. The Bertz CT molecular complexity index is 1340. The van der Waals surface area contributed by atoms with Gasteiger partial charge in [0.1, 0.15) is 10.8 Å². The van der Waals surface area contributed by atoms with Gasteiger partial charge in [-0.2, -0.15) is 0 Å². The molecular weight excluding hydrogens is 442 g/mol. The van der Waals surface area contributed by atoms with Gasteiger partial charge in [-0.25, -0.2) is 4.79 Å². The summed E-state index contributed by atoms with van der Waals surface area (Å²) >= 11 is 1.90. The third kappa shape index (κ3) is 3.49. The minimum absolute atomic E-state index is 0.130. The van der Waals surface area contributed by atoms with Gasteiger partial charge in [0.2, 0.25) is 0 Å². The van der Waals surface area contributed by atoms with Crippen LogP contribution in [0.4, 0.5) is 10.5 Å². The Hall–Kier alpha value is -3.51. The number of benzene rings is 2. The molecule has 0 fully saturated rings. The van der Waals surface area contributed by atoms with Crippen LogP contribution < -0.4 is 10.1 Å². The van der Waals surface area contributed by atoms with Crippen LogP contribution in [0.25, 0.3) is 5.00 Å². The molecule has 5 nitrogen and oxygen atoms in total. The maximum atomic E-state index is 14.0. The number of carbonyl (C=O) groups excluding carboxylic acids is 1. The molecule has 0 unspecified atom stereocenters. The lowest BCUT2D eigenvalue weighted by Crippen LogP contribution is -2.38. The van der Waals surface area contributed by atoms with Gasteiger partial charge in [0.15, 0.2) is 0 Å². The average molecular weight is 470 g/mol. The van der Waals surface area contributed by atoms with E-state index in [1.54, 1.807) is 7.11 Å². The molecule has 0 saturated heterocycles. The molecule has 0 spiro atoms. The number of aryl methyl sites for hydroxylation is 1. The number of aromatic nitrogens is 1. The first-order chi connectivity index (χ1) is 16.7. The van der Waals surface area contributed by atoms with Crippen molar-refractivity contribution in [2.75, 3.05) is 12.4 Å². The van der Waals surface area contributed by atoms with Crippen molar-refractivity contribution in [1.29, 1.82) is 0 Å². The fraction of sp³-hybridized carbons (Fsp3) is 0.250. The van der Waals surface area contributed by atoms with Gasteiger partial charge in [-0.3, -0.25) is 0 Å². The first-order valence-electron chi connectivity index (χ1n) is 11.8. The molecule has 2 aliphatic rings. The number of methoxy groups -OCH3 is 1. The molecule has 0 bridgehead atoms. The summed E-state index contributed by atoms with van der Waals surface area (Å²) in [6.07, 6.45) is 6.84. The molecule has 2 amide bonds. The first-order valence-corrected chi connectivity index (χ1v) is 12.6. The monoisotopic (exact) mass is 469 g/mol. The fourth-order valence-electron chi connectivity index (χ4n) is 5.31. The smallest absolute Gasteiger partial charge is 0.323 e. The zero-order chi connectivity index (χ0) is 23.1. The summed E-state index contributed by atoms with van der Waals surface area (Å²) in [7, 11) is 1.63. The van der Waals surface area contributed by atoms with Crippen LogP contribution in [-0.4, -0.2) is 22.6 Å². The SMILES string of the molecule is COc1ccccc1NC(=O)N1Cc2c(sc3c2CCCC3)-n2cccc2[C@@H]1c1ccccc1. The summed E-state index contributed by atoms with van der Waals surface area (Å²) < 4.78 is 7.81. The molecule has 34 heavy (non-hydrogen) atoms. The summed E-state index contributed by atoms with van der Waals surface area (Å²) in [4.78, 5) is 17.4. The molecule has 3 heterocycles. The lowest BCUT2D eigenvalue weighted by Gasteiger charge is -2.31. The second-order valence-electron chi connectivity index (χ2n) is 8.87. The van der Waals surface area contributed by atoms with E-state index >= 15 is 0 Å². The predicted molar refractivity (Wildman–Crippen MR) is 136 cm³/mol. The molecule has 1 N–H and O–H groups in total. The van der Waals surface area contributed by atoms with Crippen molar-refractivity contribution >= 4 is 23.1 Å². The van der Waals surface area contributed by atoms with Crippen molar-refractivity contribution in [1.82, 2.24) is 9.47 Å².